The number of benzene rings is 1. The summed E-state index contributed by atoms with van der Waals surface area (Å²) in [5, 5.41) is 0. The van der Waals surface area contributed by atoms with E-state index in [1.54, 1.807) is 6.07 Å². The van der Waals surface area contributed by atoms with Crippen LogP contribution in [-0.2, 0) is 14.3 Å². The van der Waals surface area contributed by atoms with Crippen LogP contribution in [0.2, 0.25) is 0 Å². The number of carbonyl (C=O) groups is 3. The van der Waals surface area contributed by atoms with Crippen molar-refractivity contribution in [2.75, 3.05) is 0 Å². The van der Waals surface area contributed by atoms with Crippen LogP contribution in [0.4, 0.5) is 0 Å². The molecular formula is C22H22O4. The molecule has 0 amide bonds. The van der Waals surface area contributed by atoms with Crippen LogP contribution in [0, 0.1) is 35.5 Å². The number of allylic oxidation sites excluding steroid dienone is 2. The molecule has 3 fully saturated rings. The second-order valence-corrected chi connectivity index (χ2v) is 8.41. The van der Waals surface area contributed by atoms with Crippen LogP contribution >= 0.6 is 0 Å². The number of rotatable bonds is 3. The number of hydrogen-bond donors (Lipinski definition) is 0. The third-order valence-electron chi connectivity index (χ3n) is 6.89. The molecule has 0 spiro atoms. The van der Waals surface area contributed by atoms with Crippen molar-refractivity contribution < 1.29 is 19.1 Å². The summed E-state index contributed by atoms with van der Waals surface area (Å²) < 4.78 is 5.41. The minimum Gasteiger partial charge on any atom is -0.459 e. The van der Waals surface area contributed by atoms with Gasteiger partial charge in [-0.15, -0.1) is 0 Å². The predicted molar refractivity (Wildman–Crippen MR) is 94.4 cm³/mol. The van der Waals surface area contributed by atoms with Crippen LogP contribution in [0.3, 0.4) is 0 Å². The molecule has 134 valence electrons. The van der Waals surface area contributed by atoms with Crippen LogP contribution in [0.25, 0.3) is 0 Å². The Hall–Kier alpha value is -2.23. The van der Waals surface area contributed by atoms with Crippen molar-refractivity contribution in [3.05, 3.63) is 47.5 Å². The van der Waals surface area contributed by atoms with Gasteiger partial charge in [0.2, 0.25) is 0 Å². The van der Waals surface area contributed by atoms with Gasteiger partial charge in [-0.05, 0) is 49.7 Å². The molecule has 4 heteroatoms. The van der Waals surface area contributed by atoms with Gasteiger partial charge in [0, 0.05) is 23.7 Å². The topological polar surface area (TPSA) is 60.4 Å². The SMILES string of the molecule is CC(C)OC(=O)c1ccccc1C1CC2C(=O)C1C1C3C=CC(C3=O)C21. The maximum Gasteiger partial charge on any atom is 0.338 e. The first-order valence-corrected chi connectivity index (χ1v) is 9.54. The molecule has 4 nitrogen and oxygen atoms in total. The number of ether oxygens (including phenoxy) is 1. The molecule has 0 radical (unpaired) electrons. The second-order valence-electron chi connectivity index (χ2n) is 8.41. The third-order valence-corrected chi connectivity index (χ3v) is 6.89. The van der Waals surface area contributed by atoms with Gasteiger partial charge < -0.3 is 4.74 Å². The molecule has 0 saturated heterocycles. The van der Waals surface area contributed by atoms with Crippen molar-refractivity contribution in [1.82, 2.24) is 0 Å². The maximum atomic E-state index is 13.0. The highest BCUT2D eigenvalue weighted by atomic mass is 16.5. The van der Waals surface area contributed by atoms with Gasteiger partial charge in [-0.2, -0.15) is 0 Å². The van der Waals surface area contributed by atoms with E-state index in [4.69, 9.17) is 4.74 Å². The molecule has 4 bridgehead atoms. The zero-order chi connectivity index (χ0) is 18.2. The van der Waals surface area contributed by atoms with E-state index >= 15 is 0 Å². The van der Waals surface area contributed by atoms with E-state index in [9.17, 15) is 14.4 Å². The monoisotopic (exact) mass is 350 g/mol. The van der Waals surface area contributed by atoms with Crippen LogP contribution in [-0.4, -0.2) is 23.6 Å². The molecule has 3 saturated carbocycles. The number of esters is 1. The Balaban J connectivity index is 1.52. The van der Waals surface area contributed by atoms with Crippen molar-refractivity contribution in [3.8, 4) is 0 Å². The van der Waals surface area contributed by atoms with E-state index in [1.807, 2.05) is 44.2 Å². The Morgan fingerprint density at radius 1 is 1.00 bits per heavy atom. The van der Waals surface area contributed by atoms with Crippen molar-refractivity contribution in [2.24, 2.45) is 35.5 Å². The summed E-state index contributed by atoms with van der Waals surface area (Å²) in [6, 6.07) is 7.50. The first-order chi connectivity index (χ1) is 12.5. The quantitative estimate of drug-likeness (QED) is 0.477. The van der Waals surface area contributed by atoms with Gasteiger partial charge in [0.05, 0.1) is 11.7 Å². The Bertz CT molecular complexity index is 851. The van der Waals surface area contributed by atoms with Gasteiger partial charge in [0.25, 0.3) is 0 Å². The standard InChI is InChI=1S/C22H22O4/c1-10(2)26-22(25)12-6-4-3-5-11(12)15-9-16-17-13-7-8-14(20(13)23)18(17)19(15)21(16)24/h3-8,10,13-19H,9H2,1-2H3. The first-order valence-electron chi connectivity index (χ1n) is 9.54. The lowest BCUT2D eigenvalue weighted by Gasteiger charge is -2.35. The summed E-state index contributed by atoms with van der Waals surface area (Å²) in [6.45, 7) is 3.67. The summed E-state index contributed by atoms with van der Waals surface area (Å²) in [6.07, 6.45) is 4.60. The van der Waals surface area contributed by atoms with E-state index in [2.05, 4.69) is 0 Å². The van der Waals surface area contributed by atoms with Gasteiger partial charge in [-0.25, -0.2) is 4.79 Å². The number of Topliss-reactive ketones (excluding diaryl/α,β-unsaturated/α-hetero) is 2. The van der Waals surface area contributed by atoms with E-state index in [0.29, 0.717) is 17.1 Å². The molecule has 0 aromatic heterocycles. The molecule has 0 N–H and O–H groups in total. The molecule has 5 rings (SSSR count). The maximum absolute atomic E-state index is 13.0. The predicted octanol–water partition coefficient (Wildman–Crippen LogP) is 3.17. The molecule has 0 aliphatic heterocycles. The molecule has 0 heterocycles. The van der Waals surface area contributed by atoms with Crippen molar-refractivity contribution in [3.63, 3.8) is 0 Å². The Morgan fingerprint density at radius 3 is 2.42 bits per heavy atom. The van der Waals surface area contributed by atoms with E-state index in [0.717, 1.165) is 12.0 Å². The van der Waals surface area contributed by atoms with E-state index in [-0.39, 0.29) is 53.5 Å². The lowest BCUT2D eigenvalue weighted by Crippen LogP contribution is -2.31. The molecule has 1 aromatic rings. The number of ketones is 2. The Morgan fingerprint density at radius 2 is 1.69 bits per heavy atom. The smallest absolute Gasteiger partial charge is 0.338 e. The largest absolute Gasteiger partial charge is 0.459 e. The fourth-order valence-electron chi connectivity index (χ4n) is 6.14. The third kappa shape index (κ3) is 1.93. The van der Waals surface area contributed by atoms with Gasteiger partial charge >= 0.3 is 5.97 Å². The Kier molecular flexibility index (Phi) is 3.31. The molecule has 4 aliphatic rings. The summed E-state index contributed by atoms with van der Waals surface area (Å²) in [7, 11) is 0. The van der Waals surface area contributed by atoms with Crippen LogP contribution in [0.1, 0.15) is 42.1 Å². The van der Waals surface area contributed by atoms with Gasteiger partial charge in [-0.3, -0.25) is 9.59 Å². The number of fused-ring (bicyclic) bond motifs is 9. The zero-order valence-electron chi connectivity index (χ0n) is 14.9. The summed E-state index contributed by atoms with van der Waals surface area (Å²) in [5.41, 5.74) is 1.48. The number of carbonyl (C=O) groups excluding carboxylic acids is 3. The summed E-state index contributed by atoms with van der Waals surface area (Å²) >= 11 is 0. The first kappa shape index (κ1) is 16.0. The molecule has 1 aromatic carbocycles. The summed E-state index contributed by atoms with van der Waals surface area (Å²) in [4.78, 5) is 38.0. The Labute approximate surface area is 152 Å². The highest BCUT2D eigenvalue weighted by Gasteiger charge is 2.68. The van der Waals surface area contributed by atoms with Crippen molar-refractivity contribution >= 4 is 17.5 Å². The van der Waals surface area contributed by atoms with Crippen molar-refractivity contribution in [1.29, 1.82) is 0 Å². The molecule has 4 aliphatic carbocycles. The van der Waals surface area contributed by atoms with Gasteiger partial charge in [0.15, 0.2) is 0 Å². The second kappa shape index (κ2) is 5.38. The average Bonchev–Trinajstić information content (AvgIpc) is 3.31. The number of hydrogen-bond acceptors (Lipinski definition) is 4. The van der Waals surface area contributed by atoms with Gasteiger partial charge in [0.1, 0.15) is 11.6 Å². The lowest BCUT2D eigenvalue weighted by atomic mass is 9.67. The molecular weight excluding hydrogens is 328 g/mol. The van der Waals surface area contributed by atoms with E-state index < -0.39 is 0 Å². The molecule has 7 unspecified atom stereocenters. The summed E-state index contributed by atoms with van der Waals surface area (Å²) in [5.74, 6) is 0.307. The molecule has 26 heavy (non-hydrogen) atoms. The average molecular weight is 350 g/mol. The minimum absolute atomic E-state index is 0.0187. The van der Waals surface area contributed by atoms with Gasteiger partial charge in [-0.1, -0.05) is 30.4 Å². The van der Waals surface area contributed by atoms with Crippen molar-refractivity contribution in [2.45, 2.75) is 32.3 Å². The normalized spacial score (nSPS) is 39.1. The lowest BCUT2D eigenvalue weighted by molar-refractivity contribution is -0.125. The zero-order valence-corrected chi connectivity index (χ0v) is 14.9. The minimum atomic E-state index is -0.328. The highest BCUT2D eigenvalue weighted by molar-refractivity contribution is 6.00. The fraction of sp³-hybridized carbons (Fsp3) is 0.500. The van der Waals surface area contributed by atoms with Crippen LogP contribution in [0.15, 0.2) is 36.4 Å². The van der Waals surface area contributed by atoms with Crippen LogP contribution in [0.5, 0.6) is 0 Å². The molecule has 7 atom stereocenters. The fourth-order valence-corrected chi connectivity index (χ4v) is 6.14. The highest BCUT2D eigenvalue weighted by Crippen LogP contribution is 2.66. The van der Waals surface area contributed by atoms with E-state index in [1.165, 1.54) is 0 Å². The van der Waals surface area contributed by atoms with Crippen LogP contribution < -0.4 is 0 Å².